The monoisotopic (exact) mass is 368 g/mol. The molecule has 8 heteroatoms. The molecule has 2 N–H and O–H groups in total. The average Bonchev–Trinajstić information content (AvgIpc) is 3.27. The number of thiophene rings is 1. The largest absolute Gasteiger partial charge is 0.454 e. The number of carbonyl (C=O) groups is 2. The number of hydrogen-bond acceptors (Lipinski definition) is 4. The molecule has 4 rings (SSSR count). The summed E-state index contributed by atoms with van der Waals surface area (Å²) in [5.74, 6) is -2.20. The Labute approximate surface area is 145 Å². The Morgan fingerprint density at radius 2 is 2.04 bits per heavy atom. The van der Waals surface area contributed by atoms with E-state index in [1.807, 2.05) is 0 Å². The van der Waals surface area contributed by atoms with Crippen molar-refractivity contribution in [3.63, 3.8) is 0 Å². The number of halogens is 3. The van der Waals surface area contributed by atoms with Gasteiger partial charge < -0.3 is 10.6 Å². The molecule has 0 unspecified atom stereocenters. The van der Waals surface area contributed by atoms with Crippen LogP contribution in [-0.4, -0.2) is 36.0 Å². The van der Waals surface area contributed by atoms with Crippen LogP contribution < -0.4 is 10.6 Å². The van der Waals surface area contributed by atoms with E-state index in [1.165, 1.54) is 11.4 Å². The van der Waals surface area contributed by atoms with Crippen LogP contribution in [0.15, 0.2) is 23.6 Å². The predicted octanol–water partition coefficient (Wildman–Crippen LogP) is 3.27. The van der Waals surface area contributed by atoms with Crippen LogP contribution in [0.3, 0.4) is 0 Å². The van der Waals surface area contributed by atoms with Gasteiger partial charge in [-0.2, -0.15) is 13.2 Å². The molecule has 0 saturated carbocycles. The lowest BCUT2D eigenvalue weighted by Gasteiger charge is -2.21. The number of rotatable bonds is 3. The number of hydrogen-bond donors (Lipinski definition) is 2. The van der Waals surface area contributed by atoms with E-state index in [4.69, 9.17) is 0 Å². The van der Waals surface area contributed by atoms with Crippen LogP contribution in [0.4, 0.5) is 13.2 Å². The Morgan fingerprint density at radius 1 is 1.24 bits per heavy atom. The predicted molar refractivity (Wildman–Crippen MR) is 88.0 cm³/mol. The first kappa shape index (κ1) is 16.5. The van der Waals surface area contributed by atoms with E-state index in [0.29, 0.717) is 10.7 Å². The Hall–Kier alpha value is -1.93. The number of amides is 1. The molecule has 132 valence electrons. The minimum Gasteiger partial charge on any atom is -0.348 e. The van der Waals surface area contributed by atoms with Gasteiger partial charge in [-0.25, -0.2) is 0 Å². The number of fused-ring (bicyclic) bond motifs is 3. The van der Waals surface area contributed by atoms with Crippen molar-refractivity contribution in [2.45, 2.75) is 43.6 Å². The number of benzene rings is 1. The van der Waals surface area contributed by atoms with Crippen molar-refractivity contribution in [3.8, 4) is 0 Å². The molecule has 3 heterocycles. The lowest BCUT2D eigenvalue weighted by atomic mass is 9.95. The van der Waals surface area contributed by atoms with E-state index in [2.05, 4.69) is 10.6 Å². The molecule has 25 heavy (non-hydrogen) atoms. The topological polar surface area (TPSA) is 58.2 Å². The highest BCUT2D eigenvalue weighted by atomic mass is 32.1. The third kappa shape index (κ3) is 2.93. The van der Waals surface area contributed by atoms with Crippen LogP contribution >= 0.6 is 11.3 Å². The second kappa shape index (κ2) is 5.81. The molecule has 2 saturated heterocycles. The first-order chi connectivity index (χ1) is 11.8. The second-order valence-electron chi connectivity index (χ2n) is 6.55. The van der Waals surface area contributed by atoms with Gasteiger partial charge in [0.15, 0.2) is 0 Å². The lowest BCUT2D eigenvalue weighted by molar-refractivity contribution is -0.0883. The molecule has 2 aliphatic heterocycles. The van der Waals surface area contributed by atoms with Crippen LogP contribution in [-0.2, 0) is 0 Å². The molecule has 2 aliphatic rings. The van der Waals surface area contributed by atoms with E-state index in [9.17, 15) is 22.8 Å². The summed E-state index contributed by atoms with van der Waals surface area (Å²) in [5.41, 5.74) is -0.131. The Balaban J connectivity index is 1.60. The summed E-state index contributed by atoms with van der Waals surface area (Å²) < 4.78 is 38.7. The lowest BCUT2D eigenvalue weighted by Crippen LogP contribution is -2.42. The highest BCUT2D eigenvalue weighted by Crippen LogP contribution is 2.32. The quantitative estimate of drug-likeness (QED) is 0.818. The maximum absolute atomic E-state index is 12.7. The maximum atomic E-state index is 12.7. The van der Waals surface area contributed by atoms with Gasteiger partial charge in [0.05, 0.1) is 0 Å². The minimum atomic E-state index is -4.93. The number of carbonyl (C=O) groups excluding carboxylic acids is 2. The molecule has 1 amide bonds. The Bertz CT molecular complexity index is 861. The summed E-state index contributed by atoms with van der Waals surface area (Å²) in [6.45, 7) is 0. The average molecular weight is 368 g/mol. The van der Waals surface area contributed by atoms with Gasteiger partial charge in [0.25, 0.3) is 11.7 Å². The van der Waals surface area contributed by atoms with Crippen LogP contribution in [0.2, 0.25) is 0 Å². The molecular weight excluding hydrogens is 353 g/mol. The molecule has 1 aromatic heterocycles. The zero-order valence-electron chi connectivity index (χ0n) is 13.0. The molecule has 1 aromatic carbocycles. The van der Waals surface area contributed by atoms with Crippen molar-refractivity contribution in [2.75, 3.05) is 0 Å². The molecule has 4 nitrogen and oxygen atoms in total. The summed E-state index contributed by atoms with van der Waals surface area (Å²) in [5, 5.41) is 7.74. The highest BCUT2D eigenvalue weighted by Gasteiger charge is 2.41. The van der Waals surface area contributed by atoms with Crippen LogP contribution in [0, 0.1) is 0 Å². The number of ketones is 1. The highest BCUT2D eigenvalue weighted by molar-refractivity contribution is 7.17. The van der Waals surface area contributed by atoms with Crippen molar-refractivity contribution < 1.29 is 22.8 Å². The standard InChI is InChI=1S/C17H15F3N2O2S/c18-17(19,20)15(23)11-7-25-14-4-1-8(5-10(11)14)16(24)22-13-6-9-2-3-12(13)21-9/h1,4-5,7,9,12-13,21H,2-3,6H2,(H,22,24)/t9-,12+,13-/m1/s1. The van der Waals surface area contributed by atoms with Gasteiger partial charge in [0.2, 0.25) is 0 Å². The molecule has 2 fully saturated rings. The molecule has 3 atom stereocenters. The molecule has 0 aliphatic carbocycles. The van der Waals surface area contributed by atoms with Crippen molar-refractivity contribution in [2.24, 2.45) is 0 Å². The minimum absolute atomic E-state index is 0.0423. The normalized spacial score (nSPS) is 25.5. The third-order valence-electron chi connectivity index (χ3n) is 4.95. The fourth-order valence-electron chi connectivity index (χ4n) is 3.73. The zero-order valence-corrected chi connectivity index (χ0v) is 13.8. The van der Waals surface area contributed by atoms with Gasteiger partial charge in [-0.05, 0) is 37.5 Å². The number of alkyl halides is 3. The Morgan fingerprint density at radius 3 is 2.68 bits per heavy atom. The fraction of sp³-hybridized carbons (Fsp3) is 0.412. The van der Waals surface area contributed by atoms with E-state index in [-0.39, 0.29) is 28.9 Å². The van der Waals surface area contributed by atoms with Gasteiger partial charge in [-0.3, -0.25) is 9.59 Å². The molecule has 0 radical (unpaired) electrons. The summed E-state index contributed by atoms with van der Waals surface area (Å²) in [6, 6.07) is 5.28. The van der Waals surface area contributed by atoms with Gasteiger partial charge in [-0.15, -0.1) is 11.3 Å². The van der Waals surface area contributed by atoms with Gasteiger partial charge in [0, 0.05) is 44.7 Å². The third-order valence-corrected chi connectivity index (χ3v) is 5.92. The van der Waals surface area contributed by atoms with Crippen molar-refractivity contribution in [1.82, 2.24) is 10.6 Å². The fourth-order valence-corrected chi connectivity index (χ4v) is 4.66. The number of nitrogens with one attached hydrogen (secondary N) is 2. The van der Waals surface area contributed by atoms with E-state index >= 15 is 0 Å². The van der Waals surface area contributed by atoms with Crippen LogP contribution in [0.5, 0.6) is 0 Å². The molecule has 2 aromatic rings. The maximum Gasteiger partial charge on any atom is 0.454 e. The number of Topliss-reactive ketones (excluding diaryl/α,β-unsaturated/α-hetero) is 1. The van der Waals surface area contributed by atoms with Crippen molar-refractivity contribution in [3.05, 3.63) is 34.7 Å². The summed E-state index contributed by atoms with van der Waals surface area (Å²) in [6.07, 6.45) is -1.93. The van der Waals surface area contributed by atoms with E-state index < -0.39 is 17.5 Å². The van der Waals surface area contributed by atoms with Crippen molar-refractivity contribution in [1.29, 1.82) is 0 Å². The molecule has 2 bridgehead atoms. The smallest absolute Gasteiger partial charge is 0.348 e. The molecule has 0 spiro atoms. The summed E-state index contributed by atoms with van der Waals surface area (Å²) in [4.78, 5) is 24.0. The van der Waals surface area contributed by atoms with E-state index in [1.54, 1.807) is 12.1 Å². The van der Waals surface area contributed by atoms with Crippen molar-refractivity contribution >= 4 is 33.1 Å². The Kier molecular flexibility index (Phi) is 3.84. The van der Waals surface area contributed by atoms with Crippen LogP contribution in [0.1, 0.15) is 40.0 Å². The van der Waals surface area contributed by atoms with Gasteiger partial charge in [-0.1, -0.05) is 0 Å². The second-order valence-corrected chi connectivity index (χ2v) is 7.46. The van der Waals surface area contributed by atoms with E-state index in [0.717, 1.165) is 30.6 Å². The first-order valence-corrected chi connectivity index (χ1v) is 8.90. The zero-order chi connectivity index (χ0) is 17.8. The van der Waals surface area contributed by atoms with Gasteiger partial charge in [0.1, 0.15) is 0 Å². The van der Waals surface area contributed by atoms with Gasteiger partial charge >= 0.3 is 6.18 Å². The SMILES string of the molecule is O=C(N[C@@H]1C[C@H]2CC[C@@H]1N2)c1ccc2scc(C(=O)C(F)(F)F)c2c1. The molecular formula is C17H15F3N2O2S. The summed E-state index contributed by atoms with van der Waals surface area (Å²) in [7, 11) is 0. The summed E-state index contributed by atoms with van der Waals surface area (Å²) >= 11 is 1.06. The first-order valence-electron chi connectivity index (χ1n) is 8.02. The van der Waals surface area contributed by atoms with Crippen LogP contribution in [0.25, 0.3) is 10.1 Å².